The zero-order chi connectivity index (χ0) is 12.4. The molecule has 1 atom stereocenters. The van der Waals surface area contributed by atoms with Gasteiger partial charge in [-0.05, 0) is 19.1 Å². The Hall–Kier alpha value is -2.36. The molecule has 3 heterocycles. The SMILES string of the molecule is CC(c1ccc(-c2ccoc2)cn1)n1ccnc1. The molecule has 0 bridgehead atoms. The first-order chi connectivity index (χ1) is 8.84. The molecule has 0 fully saturated rings. The lowest BCUT2D eigenvalue weighted by atomic mass is 10.1. The molecule has 4 heteroatoms. The summed E-state index contributed by atoms with van der Waals surface area (Å²) in [5, 5.41) is 0. The highest BCUT2D eigenvalue weighted by atomic mass is 16.3. The Morgan fingerprint density at radius 1 is 1.22 bits per heavy atom. The van der Waals surface area contributed by atoms with Crippen molar-refractivity contribution in [3.8, 4) is 11.1 Å². The molecule has 0 N–H and O–H groups in total. The minimum absolute atomic E-state index is 0.186. The fourth-order valence-electron chi connectivity index (χ4n) is 1.90. The van der Waals surface area contributed by atoms with E-state index >= 15 is 0 Å². The number of furan rings is 1. The lowest BCUT2D eigenvalue weighted by Gasteiger charge is -2.12. The number of imidazole rings is 1. The maximum absolute atomic E-state index is 5.07. The van der Waals surface area contributed by atoms with Gasteiger partial charge >= 0.3 is 0 Å². The molecule has 0 aliphatic carbocycles. The highest BCUT2D eigenvalue weighted by Gasteiger charge is 2.08. The zero-order valence-corrected chi connectivity index (χ0v) is 10.0. The quantitative estimate of drug-likeness (QED) is 0.705. The number of hydrogen-bond donors (Lipinski definition) is 0. The van der Waals surface area contributed by atoms with Crippen LogP contribution in [0.2, 0.25) is 0 Å². The van der Waals surface area contributed by atoms with E-state index in [0.29, 0.717) is 0 Å². The van der Waals surface area contributed by atoms with Crippen molar-refractivity contribution in [2.75, 3.05) is 0 Å². The Kier molecular flexibility index (Phi) is 2.68. The van der Waals surface area contributed by atoms with Crippen molar-refractivity contribution in [1.82, 2.24) is 14.5 Å². The second kappa shape index (κ2) is 4.49. The summed E-state index contributed by atoms with van der Waals surface area (Å²) in [6, 6.07) is 6.20. The van der Waals surface area contributed by atoms with Gasteiger partial charge in [-0.15, -0.1) is 0 Å². The van der Waals surface area contributed by atoms with E-state index in [2.05, 4.69) is 23.0 Å². The van der Waals surface area contributed by atoms with Gasteiger partial charge in [-0.25, -0.2) is 4.98 Å². The van der Waals surface area contributed by atoms with Crippen molar-refractivity contribution in [3.05, 3.63) is 61.3 Å². The maximum atomic E-state index is 5.07. The van der Waals surface area contributed by atoms with Gasteiger partial charge in [0.1, 0.15) is 0 Å². The zero-order valence-electron chi connectivity index (χ0n) is 10.0. The summed E-state index contributed by atoms with van der Waals surface area (Å²) in [6.45, 7) is 2.10. The average molecular weight is 239 g/mol. The lowest BCUT2D eigenvalue weighted by molar-refractivity contribution is 0.568. The van der Waals surface area contributed by atoms with Crippen molar-refractivity contribution < 1.29 is 4.42 Å². The van der Waals surface area contributed by atoms with Gasteiger partial charge in [-0.3, -0.25) is 4.98 Å². The molecule has 90 valence electrons. The summed E-state index contributed by atoms with van der Waals surface area (Å²) >= 11 is 0. The Balaban J connectivity index is 1.87. The van der Waals surface area contributed by atoms with Gasteiger partial charge < -0.3 is 8.98 Å². The Morgan fingerprint density at radius 3 is 2.78 bits per heavy atom. The predicted octanol–water partition coefficient (Wildman–Crippen LogP) is 3.15. The van der Waals surface area contributed by atoms with E-state index in [1.54, 1.807) is 25.1 Å². The summed E-state index contributed by atoms with van der Waals surface area (Å²) in [5.74, 6) is 0. The molecule has 4 nitrogen and oxygen atoms in total. The molecular formula is C14H13N3O. The van der Waals surface area contributed by atoms with Crippen molar-refractivity contribution in [1.29, 1.82) is 0 Å². The van der Waals surface area contributed by atoms with Crippen molar-refractivity contribution >= 4 is 0 Å². The first-order valence-corrected chi connectivity index (χ1v) is 5.80. The van der Waals surface area contributed by atoms with Gasteiger partial charge in [-0.2, -0.15) is 0 Å². The molecular weight excluding hydrogens is 226 g/mol. The van der Waals surface area contributed by atoms with Gasteiger partial charge in [-0.1, -0.05) is 6.07 Å². The second-order valence-corrected chi connectivity index (χ2v) is 4.17. The fraction of sp³-hybridized carbons (Fsp3) is 0.143. The molecule has 0 spiro atoms. The van der Waals surface area contributed by atoms with Crippen LogP contribution in [0, 0.1) is 0 Å². The smallest absolute Gasteiger partial charge is 0.0981 e. The van der Waals surface area contributed by atoms with E-state index in [9.17, 15) is 0 Å². The average Bonchev–Trinajstić information content (AvgIpc) is 3.11. The third-order valence-electron chi connectivity index (χ3n) is 3.04. The van der Waals surface area contributed by atoms with Crippen LogP contribution in [0.5, 0.6) is 0 Å². The van der Waals surface area contributed by atoms with E-state index in [1.807, 2.05) is 29.1 Å². The molecule has 0 saturated carbocycles. The van der Waals surface area contributed by atoms with Crippen molar-refractivity contribution in [2.45, 2.75) is 13.0 Å². The molecule has 0 aromatic carbocycles. The van der Waals surface area contributed by atoms with E-state index in [1.165, 1.54) is 0 Å². The summed E-state index contributed by atoms with van der Waals surface area (Å²) < 4.78 is 7.09. The Morgan fingerprint density at radius 2 is 2.17 bits per heavy atom. The van der Waals surface area contributed by atoms with Crippen LogP contribution in [-0.4, -0.2) is 14.5 Å². The van der Waals surface area contributed by atoms with Crippen LogP contribution >= 0.6 is 0 Å². The molecule has 3 aromatic rings. The van der Waals surface area contributed by atoms with E-state index in [0.717, 1.165) is 16.8 Å². The molecule has 0 saturated heterocycles. The van der Waals surface area contributed by atoms with E-state index in [4.69, 9.17) is 4.42 Å². The van der Waals surface area contributed by atoms with Gasteiger partial charge in [0.05, 0.1) is 30.6 Å². The third kappa shape index (κ3) is 1.93. The molecule has 1 unspecified atom stereocenters. The van der Waals surface area contributed by atoms with Crippen LogP contribution in [0.1, 0.15) is 18.7 Å². The second-order valence-electron chi connectivity index (χ2n) is 4.17. The molecule has 3 rings (SSSR count). The molecule has 0 amide bonds. The highest BCUT2D eigenvalue weighted by Crippen LogP contribution is 2.21. The highest BCUT2D eigenvalue weighted by molar-refractivity contribution is 5.60. The standard InChI is InChI=1S/C14H13N3O/c1-11(17-6-5-15-10-17)14-3-2-12(8-16-14)13-4-7-18-9-13/h2-11H,1H3. The normalized spacial score (nSPS) is 12.5. The van der Waals surface area contributed by atoms with Gasteiger partial charge in [0.2, 0.25) is 0 Å². The summed E-state index contributed by atoms with van der Waals surface area (Å²) in [7, 11) is 0. The van der Waals surface area contributed by atoms with Crippen LogP contribution < -0.4 is 0 Å². The summed E-state index contributed by atoms with van der Waals surface area (Å²) in [6.07, 6.45) is 10.8. The van der Waals surface area contributed by atoms with Gasteiger partial charge in [0, 0.05) is 29.7 Å². The van der Waals surface area contributed by atoms with Crippen LogP contribution in [-0.2, 0) is 0 Å². The number of hydrogen-bond acceptors (Lipinski definition) is 3. The largest absolute Gasteiger partial charge is 0.472 e. The lowest BCUT2D eigenvalue weighted by Crippen LogP contribution is -2.06. The first-order valence-electron chi connectivity index (χ1n) is 5.80. The van der Waals surface area contributed by atoms with Crippen LogP contribution in [0.15, 0.2) is 60.1 Å². The van der Waals surface area contributed by atoms with Crippen molar-refractivity contribution in [2.24, 2.45) is 0 Å². The van der Waals surface area contributed by atoms with Gasteiger partial charge in [0.15, 0.2) is 0 Å². The van der Waals surface area contributed by atoms with Crippen LogP contribution in [0.4, 0.5) is 0 Å². The Bertz CT molecular complexity index is 597. The summed E-state index contributed by atoms with van der Waals surface area (Å²) in [4.78, 5) is 8.55. The molecule has 3 aromatic heterocycles. The monoisotopic (exact) mass is 239 g/mol. The maximum Gasteiger partial charge on any atom is 0.0981 e. The minimum atomic E-state index is 0.186. The first kappa shape index (κ1) is 10.8. The summed E-state index contributed by atoms with van der Waals surface area (Å²) in [5.41, 5.74) is 3.12. The third-order valence-corrected chi connectivity index (χ3v) is 3.04. The molecule has 0 radical (unpaired) electrons. The van der Waals surface area contributed by atoms with Gasteiger partial charge in [0.25, 0.3) is 0 Å². The van der Waals surface area contributed by atoms with E-state index in [-0.39, 0.29) is 6.04 Å². The van der Waals surface area contributed by atoms with E-state index < -0.39 is 0 Å². The molecule has 0 aliphatic rings. The molecule has 0 aliphatic heterocycles. The van der Waals surface area contributed by atoms with Crippen molar-refractivity contribution in [3.63, 3.8) is 0 Å². The minimum Gasteiger partial charge on any atom is -0.472 e. The topological polar surface area (TPSA) is 43.9 Å². The predicted molar refractivity (Wildman–Crippen MR) is 68.0 cm³/mol. The Labute approximate surface area is 105 Å². The number of nitrogens with zero attached hydrogens (tertiary/aromatic N) is 3. The number of pyridine rings is 1. The van der Waals surface area contributed by atoms with Crippen LogP contribution in [0.3, 0.4) is 0 Å². The molecule has 18 heavy (non-hydrogen) atoms. The fourth-order valence-corrected chi connectivity index (χ4v) is 1.90. The number of rotatable bonds is 3. The van der Waals surface area contributed by atoms with Crippen LogP contribution in [0.25, 0.3) is 11.1 Å². The number of aromatic nitrogens is 3.